The molecular formula is C23H25N3O6S. The predicted octanol–water partition coefficient (Wildman–Crippen LogP) is 3.28. The minimum Gasteiger partial charge on any atom is -0.493 e. The molecule has 1 aliphatic heterocycles. The Balaban J connectivity index is 1.31. The van der Waals surface area contributed by atoms with Crippen LogP contribution in [0, 0.1) is 5.92 Å². The normalized spacial score (nSPS) is 15.3. The monoisotopic (exact) mass is 471 g/mol. The van der Waals surface area contributed by atoms with E-state index >= 15 is 0 Å². The van der Waals surface area contributed by atoms with Gasteiger partial charge < -0.3 is 14.0 Å². The smallest absolute Gasteiger partial charge is 0.309 e. The highest BCUT2D eigenvalue weighted by atomic mass is 32.2. The third-order valence-electron chi connectivity index (χ3n) is 5.40. The number of piperidine rings is 1. The number of esters is 1. The van der Waals surface area contributed by atoms with Gasteiger partial charge in [-0.3, -0.25) is 4.79 Å². The zero-order valence-electron chi connectivity index (χ0n) is 18.2. The minimum atomic E-state index is -3.56. The van der Waals surface area contributed by atoms with Gasteiger partial charge in [0.05, 0.1) is 23.0 Å². The van der Waals surface area contributed by atoms with Gasteiger partial charge in [-0.25, -0.2) is 8.42 Å². The maximum Gasteiger partial charge on any atom is 0.309 e. The summed E-state index contributed by atoms with van der Waals surface area (Å²) in [6.45, 7) is 2.77. The Labute approximate surface area is 192 Å². The lowest BCUT2D eigenvalue weighted by Gasteiger charge is -2.30. The van der Waals surface area contributed by atoms with Crippen LogP contribution in [0.2, 0.25) is 0 Å². The first kappa shape index (κ1) is 22.9. The largest absolute Gasteiger partial charge is 0.493 e. The molecule has 0 saturated carbocycles. The van der Waals surface area contributed by atoms with E-state index in [0.717, 1.165) is 0 Å². The third kappa shape index (κ3) is 5.23. The summed E-state index contributed by atoms with van der Waals surface area (Å²) in [5.74, 6) is 0.384. The van der Waals surface area contributed by atoms with Crippen LogP contribution < -0.4 is 4.74 Å². The number of aromatic nitrogens is 2. The zero-order chi connectivity index (χ0) is 23.3. The molecule has 0 amide bonds. The Morgan fingerprint density at radius 1 is 1.09 bits per heavy atom. The molecule has 4 rings (SSSR count). The summed E-state index contributed by atoms with van der Waals surface area (Å²) < 4.78 is 43.0. The van der Waals surface area contributed by atoms with E-state index < -0.39 is 16.0 Å². The number of rotatable bonds is 8. The second-order valence-electron chi connectivity index (χ2n) is 7.54. The molecule has 174 valence electrons. The molecule has 1 saturated heterocycles. The van der Waals surface area contributed by atoms with E-state index in [-0.39, 0.29) is 36.4 Å². The Morgan fingerprint density at radius 2 is 1.79 bits per heavy atom. The van der Waals surface area contributed by atoms with Gasteiger partial charge in [-0.05, 0) is 44.0 Å². The van der Waals surface area contributed by atoms with Gasteiger partial charge in [0.2, 0.25) is 15.8 Å². The number of para-hydroxylation sites is 1. The topological polar surface area (TPSA) is 112 Å². The van der Waals surface area contributed by atoms with E-state index in [0.29, 0.717) is 36.6 Å². The van der Waals surface area contributed by atoms with Crippen molar-refractivity contribution in [3.8, 4) is 17.1 Å². The first-order valence-corrected chi connectivity index (χ1v) is 12.2. The number of carbonyl (C=O) groups excluding carboxylic acids is 1. The van der Waals surface area contributed by atoms with Gasteiger partial charge in [0.1, 0.15) is 5.75 Å². The number of nitrogens with zero attached hydrogens (tertiary/aromatic N) is 3. The average molecular weight is 472 g/mol. The summed E-state index contributed by atoms with van der Waals surface area (Å²) in [5, 5.41) is 3.95. The van der Waals surface area contributed by atoms with E-state index in [2.05, 4.69) is 10.1 Å². The van der Waals surface area contributed by atoms with Crippen molar-refractivity contribution < 1.29 is 27.2 Å². The van der Waals surface area contributed by atoms with E-state index in [1.165, 1.54) is 4.31 Å². The van der Waals surface area contributed by atoms with Crippen molar-refractivity contribution in [3.63, 3.8) is 0 Å². The van der Waals surface area contributed by atoms with Crippen LogP contribution in [0.4, 0.5) is 0 Å². The van der Waals surface area contributed by atoms with Gasteiger partial charge in [0, 0.05) is 13.1 Å². The average Bonchev–Trinajstić information content (AvgIpc) is 3.32. The zero-order valence-corrected chi connectivity index (χ0v) is 19.0. The molecule has 0 atom stereocenters. The van der Waals surface area contributed by atoms with Crippen LogP contribution >= 0.6 is 0 Å². The van der Waals surface area contributed by atoms with Crippen molar-refractivity contribution in [2.24, 2.45) is 5.92 Å². The van der Waals surface area contributed by atoms with E-state index in [9.17, 15) is 13.2 Å². The third-order valence-corrected chi connectivity index (χ3v) is 7.31. The van der Waals surface area contributed by atoms with Crippen LogP contribution in [-0.4, -0.2) is 48.5 Å². The van der Waals surface area contributed by atoms with Crippen LogP contribution in [0.1, 0.15) is 25.7 Å². The summed E-state index contributed by atoms with van der Waals surface area (Å²) in [6.07, 6.45) is 0.781. The van der Waals surface area contributed by atoms with Crippen LogP contribution in [0.3, 0.4) is 0 Å². The fraction of sp³-hybridized carbons (Fsp3) is 0.348. The van der Waals surface area contributed by atoms with Crippen LogP contribution in [0.15, 0.2) is 64.0 Å². The highest BCUT2D eigenvalue weighted by Gasteiger charge is 2.33. The molecule has 0 bridgehead atoms. The lowest BCUT2D eigenvalue weighted by molar-refractivity contribution is -0.152. The van der Waals surface area contributed by atoms with E-state index in [1.807, 2.05) is 31.2 Å². The van der Waals surface area contributed by atoms with E-state index in [1.54, 1.807) is 30.3 Å². The summed E-state index contributed by atoms with van der Waals surface area (Å²) in [7, 11) is -3.56. The molecule has 3 aromatic rings. The Morgan fingerprint density at radius 3 is 2.52 bits per heavy atom. The molecule has 1 aliphatic rings. The van der Waals surface area contributed by atoms with Gasteiger partial charge in [-0.1, -0.05) is 35.5 Å². The number of sulfonamides is 1. The Kier molecular flexibility index (Phi) is 7.05. The number of ether oxygens (including phenoxy) is 2. The molecule has 1 fully saturated rings. The first-order chi connectivity index (χ1) is 16.0. The molecule has 10 heteroatoms. The molecule has 0 unspecified atom stereocenters. The highest BCUT2D eigenvalue weighted by Crippen LogP contribution is 2.28. The highest BCUT2D eigenvalue weighted by molar-refractivity contribution is 7.89. The SMILES string of the molecule is CCOc1ccccc1-c1noc(COC(=O)C2CCN(S(=O)(=O)c3ccccc3)CC2)n1. The number of benzene rings is 2. The summed E-state index contributed by atoms with van der Waals surface area (Å²) in [4.78, 5) is 17.1. The molecule has 9 nitrogen and oxygen atoms in total. The summed E-state index contributed by atoms with van der Waals surface area (Å²) >= 11 is 0. The lowest BCUT2D eigenvalue weighted by Crippen LogP contribution is -2.40. The number of hydrogen-bond acceptors (Lipinski definition) is 8. The van der Waals surface area contributed by atoms with Crippen LogP contribution in [-0.2, 0) is 26.2 Å². The van der Waals surface area contributed by atoms with Crippen molar-refractivity contribution in [1.29, 1.82) is 0 Å². The van der Waals surface area contributed by atoms with Crippen molar-refractivity contribution in [3.05, 3.63) is 60.5 Å². The molecule has 0 spiro atoms. The molecule has 0 radical (unpaired) electrons. The fourth-order valence-electron chi connectivity index (χ4n) is 3.68. The summed E-state index contributed by atoms with van der Waals surface area (Å²) in [6, 6.07) is 15.6. The van der Waals surface area contributed by atoms with Gasteiger partial charge in [0.25, 0.3) is 5.89 Å². The Hall–Kier alpha value is -3.24. The Bertz CT molecular complexity index is 1190. The maximum absolute atomic E-state index is 12.7. The van der Waals surface area contributed by atoms with Crippen molar-refractivity contribution >= 4 is 16.0 Å². The number of hydrogen-bond donors (Lipinski definition) is 0. The predicted molar refractivity (Wildman–Crippen MR) is 119 cm³/mol. The van der Waals surface area contributed by atoms with E-state index in [4.69, 9.17) is 14.0 Å². The van der Waals surface area contributed by atoms with Crippen LogP contribution in [0.5, 0.6) is 5.75 Å². The molecule has 0 N–H and O–H groups in total. The first-order valence-electron chi connectivity index (χ1n) is 10.8. The van der Waals surface area contributed by atoms with Gasteiger partial charge in [-0.2, -0.15) is 9.29 Å². The van der Waals surface area contributed by atoms with Crippen molar-refractivity contribution in [2.45, 2.75) is 31.3 Å². The maximum atomic E-state index is 12.7. The second-order valence-corrected chi connectivity index (χ2v) is 9.48. The second kappa shape index (κ2) is 10.1. The van der Waals surface area contributed by atoms with Gasteiger partial charge in [0.15, 0.2) is 6.61 Å². The van der Waals surface area contributed by atoms with Crippen molar-refractivity contribution in [2.75, 3.05) is 19.7 Å². The van der Waals surface area contributed by atoms with Gasteiger partial charge >= 0.3 is 5.97 Å². The molecule has 2 heterocycles. The van der Waals surface area contributed by atoms with Crippen molar-refractivity contribution in [1.82, 2.24) is 14.4 Å². The molecule has 33 heavy (non-hydrogen) atoms. The fourth-order valence-corrected chi connectivity index (χ4v) is 5.17. The number of carbonyl (C=O) groups is 1. The summed E-state index contributed by atoms with van der Waals surface area (Å²) in [5.41, 5.74) is 0.688. The quantitative estimate of drug-likeness (QED) is 0.460. The van der Waals surface area contributed by atoms with Crippen LogP contribution in [0.25, 0.3) is 11.4 Å². The minimum absolute atomic E-state index is 0.148. The molecule has 1 aromatic heterocycles. The standard InChI is InChI=1S/C23H25N3O6S/c1-2-30-20-11-7-6-10-19(20)22-24-21(32-25-22)16-31-23(27)17-12-14-26(15-13-17)33(28,29)18-8-4-3-5-9-18/h3-11,17H,2,12-16H2,1H3. The van der Waals surface area contributed by atoms with Gasteiger partial charge in [-0.15, -0.1) is 0 Å². The molecule has 2 aromatic carbocycles. The lowest BCUT2D eigenvalue weighted by atomic mass is 9.98. The molecule has 0 aliphatic carbocycles. The molecular weight excluding hydrogens is 446 g/mol.